The molecule has 0 aliphatic carbocycles. The van der Waals surface area contributed by atoms with Gasteiger partial charge in [-0.05, 0) is 48.9 Å². The van der Waals surface area contributed by atoms with Crippen molar-refractivity contribution >= 4 is 40.1 Å². The lowest BCUT2D eigenvalue weighted by atomic mass is 10.2. The number of nitrogens with one attached hydrogen (secondary N) is 1. The van der Waals surface area contributed by atoms with Crippen molar-refractivity contribution in [1.29, 1.82) is 0 Å². The Morgan fingerprint density at radius 3 is 2.14 bits per heavy atom. The fourth-order valence-electron chi connectivity index (χ4n) is 3.83. The number of anilines is 1. The van der Waals surface area contributed by atoms with Crippen LogP contribution < -0.4 is 4.72 Å². The third kappa shape index (κ3) is 7.18. The van der Waals surface area contributed by atoms with Crippen molar-refractivity contribution < 1.29 is 13.2 Å². The Morgan fingerprint density at radius 2 is 1.51 bits per heavy atom. The van der Waals surface area contributed by atoms with E-state index in [0.717, 1.165) is 25.2 Å². The largest absolute Gasteiger partial charge is 0.336 e. The van der Waals surface area contributed by atoms with E-state index in [9.17, 15) is 13.2 Å². The zero-order valence-corrected chi connectivity index (χ0v) is 21.3. The Kier molecular flexibility index (Phi) is 9.09. The first-order valence-electron chi connectivity index (χ1n) is 11.3. The lowest BCUT2D eigenvalue weighted by molar-refractivity contribution is 0.0650. The molecule has 0 unspecified atom stereocenters. The minimum Gasteiger partial charge on any atom is -0.336 e. The third-order valence-electron chi connectivity index (χ3n) is 5.85. The van der Waals surface area contributed by atoms with E-state index >= 15 is 0 Å². The van der Waals surface area contributed by atoms with Crippen LogP contribution in [0.2, 0.25) is 0 Å². The van der Waals surface area contributed by atoms with Crippen LogP contribution >= 0.6 is 12.4 Å². The quantitative estimate of drug-likeness (QED) is 0.499. The average molecular weight is 512 g/mol. The van der Waals surface area contributed by atoms with Gasteiger partial charge in [-0.3, -0.25) is 14.4 Å². The Bertz CT molecular complexity index is 1240. The monoisotopic (exact) mass is 511 g/mol. The van der Waals surface area contributed by atoms with Gasteiger partial charge < -0.3 is 4.90 Å². The number of nitrogens with zero attached hydrogens (tertiary/aromatic N) is 2. The summed E-state index contributed by atoms with van der Waals surface area (Å²) in [4.78, 5) is 17.2. The molecule has 3 aromatic carbocycles. The number of rotatable bonds is 7. The molecule has 35 heavy (non-hydrogen) atoms. The number of hydrogen-bond acceptors (Lipinski definition) is 4. The van der Waals surface area contributed by atoms with E-state index in [-0.39, 0.29) is 23.2 Å². The number of amides is 1. The highest BCUT2D eigenvalue weighted by molar-refractivity contribution is 7.92. The van der Waals surface area contributed by atoms with Crippen molar-refractivity contribution in [3.63, 3.8) is 0 Å². The van der Waals surface area contributed by atoms with Crippen molar-refractivity contribution in [2.24, 2.45) is 0 Å². The molecule has 1 aliphatic rings. The number of sulfonamides is 1. The van der Waals surface area contributed by atoms with Crippen LogP contribution in [-0.4, -0.2) is 56.8 Å². The number of halogens is 1. The second-order valence-corrected chi connectivity index (χ2v) is 10.1. The normalized spacial score (nSPS) is 14.5. The predicted molar refractivity (Wildman–Crippen MR) is 143 cm³/mol. The zero-order valence-electron chi connectivity index (χ0n) is 19.6. The van der Waals surface area contributed by atoms with Crippen LogP contribution in [0, 0.1) is 6.92 Å². The molecule has 1 fully saturated rings. The van der Waals surface area contributed by atoms with E-state index in [4.69, 9.17) is 0 Å². The van der Waals surface area contributed by atoms with E-state index in [1.807, 2.05) is 42.2 Å². The average Bonchev–Trinajstić information content (AvgIpc) is 2.86. The highest BCUT2D eigenvalue weighted by Gasteiger charge is 2.22. The standard InChI is InChI=1S/C27H29N3O3S.ClH/c1-22-9-13-25(14-10-22)28-34(32,33)26-15-11-24(12-16-26)27(31)30-20-18-29(19-21-30)17-5-8-23-6-3-2-4-7-23;/h2-16,28H,17-21H2,1H3;1H/b8-5+;. The first-order valence-corrected chi connectivity index (χ1v) is 12.8. The summed E-state index contributed by atoms with van der Waals surface area (Å²) in [5.74, 6) is -0.0741. The smallest absolute Gasteiger partial charge is 0.261 e. The maximum Gasteiger partial charge on any atom is 0.261 e. The minimum atomic E-state index is -3.72. The van der Waals surface area contributed by atoms with Crippen LogP contribution in [0.25, 0.3) is 6.08 Å². The molecule has 184 valence electrons. The molecule has 1 aliphatic heterocycles. The van der Waals surface area contributed by atoms with E-state index in [2.05, 4.69) is 33.9 Å². The topological polar surface area (TPSA) is 69.7 Å². The maximum absolute atomic E-state index is 12.9. The fourth-order valence-corrected chi connectivity index (χ4v) is 4.89. The molecule has 0 atom stereocenters. The molecule has 6 nitrogen and oxygen atoms in total. The summed E-state index contributed by atoms with van der Waals surface area (Å²) < 4.78 is 27.9. The number of carbonyl (C=O) groups excluding carboxylic acids is 1. The second-order valence-electron chi connectivity index (χ2n) is 8.40. The van der Waals surface area contributed by atoms with Crippen molar-refractivity contribution in [2.75, 3.05) is 37.4 Å². The summed E-state index contributed by atoms with van der Waals surface area (Å²) in [6.45, 7) is 5.68. The van der Waals surface area contributed by atoms with Gasteiger partial charge >= 0.3 is 0 Å². The number of carbonyl (C=O) groups is 1. The Hall–Kier alpha value is -3.13. The van der Waals surface area contributed by atoms with Gasteiger partial charge in [0.05, 0.1) is 4.90 Å². The molecule has 4 rings (SSSR count). The summed E-state index contributed by atoms with van der Waals surface area (Å²) in [7, 11) is -3.72. The van der Waals surface area contributed by atoms with Crippen molar-refractivity contribution in [3.05, 3.63) is 102 Å². The van der Waals surface area contributed by atoms with Gasteiger partial charge in [0.2, 0.25) is 0 Å². The summed E-state index contributed by atoms with van der Waals surface area (Å²) in [5, 5.41) is 0. The van der Waals surface area contributed by atoms with Crippen molar-refractivity contribution in [3.8, 4) is 0 Å². The number of hydrogen-bond donors (Lipinski definition) is 1. The van der Waals surface area contributed by atoms with E-state index in [0.29, 0.717) is 24.3 Å². The fraction of sp³-hybridized carbons (Fsp3) is 0.222. The molecule has 1 saturated heterocycles. The van der Waals surface area contributed by atoms with Crippen LogP contribution in [0.4, 0.5) is 5.69 Å². The number of benzene rings is 3. The Morgan fingerprint density at radius 1 is 0.886 bits per heavy atom. The molecule has 0 radical (unpaired) electrons. The highest BCUT2D eigenvalue weighted by atomic mass is 35.5. The van der Waals surface area contributed by atoms with Crippen molar-refractivity contribution in [1.82, 2.24) is 9.80 Å². The predicted octanol–water partition coefficient (Wildman–Crippen LogP) is 4.69. The summed E-state index contributed by atoms with van der Waals surface area (Å²) in [6, 6.07) is 23.5. The zero-order chi connectivity index (χ0) is 24.0. The number of aryl methyl sites for hydroxylation is 1. The maximum atomic E-state index is 12.9. The SMILES string of the molecule is Cc1ccc(NS(=O)(=O)c2ccc(C(=O)N3CCN(C/C=C/c4ccccc4)CC3)cc2)cc1.Cl. The molecule has 3 aromatic rings. The van der Waals surface area contributed by atoms with Crippen LogP contribution in [0.1, 0.15) is 21.5 Å². The highest BCUT2D eigenvalue weighted by Crippen LogP contribution is 2.18. The van der Waals surface area contributed by atoms with E-state index in [1.165, 1.54) is 17.7 Å². The van der Waals surface area contributed by atoms with Crippen LogP contribution in [0.5, 0.6) is 0 Å². The lowest BCUT2D eigenvalue weighted by Crippen LogP contribution is -2.48. The molecule has 0 aromatic heterocycles. The Balaban J connectivity index is 0.00000342. The molecule has 1 N–H and O–H groups in total. The van der Waals surface area contributed by atoms with Gasteiger partial charge in [-0.25, -0.2) is 8.42 Å². The summed E-state index contributed by atoms with van der Waals surface area (Å²) in [5.41, 5.74) is 3.22. The summed E-state index contributed by atoms with van der Waals surface area (Å²) in [6.07, 6.45) is 4.26. The first-order chi connectivity index (χ1) is 16.4. The molecule has 0 spiro atoms. The van der Waals surface area contributed by atoms with Gasteiger partial charge in [0, 0.05) is 44.0 Å². The van der Waals surface area contributed by atoms with Gasteiger partial charge in [-0.15, -0.1) is 12.4 Å². The molecule has 8 heteroatoms. The number of piperazine rings is 1. The third-order valence-corrected chi connectivity index (χ3v) is 7.25. The van der Waals surface area contributed by atoms with Gasteiger partial charge in [0.25, 0.3) is 15.9 Å². The van der Waals surface area contributed by atoms with Crippen LogP contribution in [0.15, 0.2) is 89.8 Å². The molecular formula is C27H30ClN3O3S. The lowest BCUT2D eigenvalue weighted by Gasteiger charge is -2.34. The molecular weight excluding hydrogens is 482 g/mol. The Labute approximate surface area is 213 Å². The second kappa shape index (κ2) is 12.0. The molecule has 0 bridgehead atoms. The van der Waals surface area contributed by atoms with Crippen LogP contribution in [0.3, 0.4) is 0 Å². The molecule has 1 heterocycles. The van der Waals surface area contributed by atoms with Crippen molar-refractivity contribution in [2.45, 2.75) is 11.8 Å². The summed E-state index contributed by atoms with van der Waals surface area (Å²) >= 11 is 0. The van der Waals surface area contributed by atoms with Gasteiger partial charge in [0.1, 0.15) is 0 Å². The minimum absolute atomic E-state index is 0. The molecule has 0 saturated carbocycles. The first kappa shape index (κ1) is 26.5. The van der Waals surface area contributed by atoms with Crippen LogP contribution in [-0.2, 0) is 10.0 Å². The van der Waals surface area contributed by atoms with Gasteiger partial charge in [-0.2, -0.15) is 0 Å². The van der Waals surface area contributed by atoms with Gasteiger partial charge in [0.15, 0.2) is 0 Å². The van der Waals surface area contributed by atoms with Gasteiger partial charge in [-0.1, -0.05) is 60.2 Å². The van der Waals surface area contributed by atoms with E-state index in [1.54, 1.807) is 24.3 Å². The molecule has 1 amide bonds. The van der Waals surface area contributed by atoms with E-state index < -0.39 is 10.0 Å².